The van der Waals surface area contributed by atoms with Gasteiger partial charge in [-0.25, -0.2) is 4.98 Å². The third-order valence-electron chi connectivity index (χ3n) is 3.08. The number of nitriles is 1. The summed E-state index contributed by atoms with van der Waals surface area (Å²) in [6, 6.07) is 17.1. The number of anilines is 1. The molecular weight excluding hydrogens is 248 g/mol. The molecule has 4 heteroatoms. The van der Waals surface area contributed by atoms with Crippen LogP contribution in [0.1, 0.15) is 5.56 Å². The molecule has 0 amide bonds. The van der Waals surface area contributed by atoms with Gasteiger partial charge in [-0.1, -0.05) is 0 Å². The number of nitrogen functional groups attached to an aromatic ring is 1. The van der Waals surface area contributed by atoms with Crippen LogP contribution in [0.3, 0.4) is 0 Å². The molecule has 0 atom stereocenters. The first-order chi connectivity index (χ1) is 9.78. The Morgan fingerprint density at radius 3 is 2.35 bits per heavy atom. The quantitative estimate of drug-likeness (QED) is 0.720. The molecule has 0 unspecified atom stereocenters. The lowest BCUT2D eigenvalue weighted by Gasteiger charge is -2.08. The predicted octanol–water partition coefficient (Wildman–Crippen LogP) is 2.99. The summed E-state index contributed by atoms with van der Waals surface area (Å²) >= 11 is 0. The Hall–Kier alpha value is -3.06. The van der Waals surface area contributed by atoms with E-state index in [0.717, 1.165) is 22.8 Å². The van der Waals surface area contributed by atoms with Crippen molar-refractivity contribution >= 4 is 5.69 Å². The fourth-order valence-electron chi connectivity index (χ4n) is 2.05. The molecule has 0 saturated carbocycles. The van der Waals surface area contributed by atoms with E-state index >= 15 is 0 Å². The van der Waals surface area contributed by atoms with Crippen molar-refractivity contribution in [3.05, 3.63) is 66.5 Å². The highest BCUT2D eigenvalue weighted by molar-refractivity contribution is 5.61. The second-order valence-electron chi connectivity index (χ2n) is 4.40. The summed E-state index contributed by atoms with van der Waals surface area (Å²) in [7, 11) is 0. The van der Waals surface area contributed by atoms with E-state index in [1.807, 2.05) is 47.2 Å². The highest BCUT2D eigenvalue weighted by atomic mass is 15.1. The number of rotatable bonds is 2. The molecule has 20 heavy (non-hydrogen) atoms. The van der Waals surface area contributed by atoms with Gasteiger partial charge < -0.3 is 5.73 Å². The summed E-state index contributed by atoms with van der Waals surface area (Å²) in [6.45, 7) is 0. The van der Waals surface area contributed by atoms with E-state index in [1.54, 1.807) is 18.3 Å². The summed E-state index contributed by atoms with van der Waals surface area (Å²) in [6.07, 6.45) is 3.65. The van der Waals surface area contributed by atoms with Gasteiger partial charge in [-0.3, -0.25) is 4.57 Å². The summed E-state index contributed by atoms with van der Waals surface area (Å²) in [5.41, 5.74) is 9.03. The van der Waals surface area contributed by atoms with Gasteiger partial charge in [0.1, 0.15) is 5.82 Å². The van der Waals surface area contributed by atoms with Crippen LogP contribution in [0.2, 0.25) is 0 Å². The van der Waals surface area contributed by atoms with E-state index in [1.165, 1.54) is 0 Å². The van der Waals surface area contributed by atoms with Gasteiger partial charge in [0.15, 0.2) is 0 Å². The molecule has 0 fully saturated rings. The molecule has 1 heterocycles. The third kappa shape index (κ3) is 2.13. The summed E-state index contributed by atoms with van der Waals surface area (Å²) in [5.74, 6) is 0.842. The van der Waals surface area contributed by atoms with Crippen molar-refractivity contribution in [3.8, 4) is 23.1 Å². The van der Waals surface area contributed by atoms with Crippen molar-refractivity contribution in [2.24, 2.45) is 0 Å². The minimum Gasteiger partial charge on any atom is -0.399 e. The first-order valence-corrected chi connectivity index (χ1v) is 6.18. The van der Waals surface area contributed by atoms with Crippen LogP contribution < -0.4 is 5.73 Å². The van der Waals surface area contributed by atoms with Crippen molar-refractivity contribution in [3.63, 3.8) is 0 Å². The molecule has 4 nitrogen and oxygen atoms in total. The van der Waals surface area contributed by atoms with Gasteiger partial charge in [-0.2, -0.15) is 5.26 Å². The number of nitrogens with two attached hydrogens (primary N) is 1. The molecule has 0 radical (unpaired) electrons. The van der Waals surface area contributed by atoms with E-state index in [0.29, 0.717) is 5.56 Å². The maximum absolute atomic E-state index is 8.84. The largest absolute Gasteiger partial charge is 0.399 e. The average Bonchev–Trinajstić information content (AvgIpc) is 2.97. The van der Waals surface area contributed by atoms with Crippen LogP contribution in [0.25, 0.3) is 17.1 Å². The van der Waals surface area contributed by atoms with Gasteiger partial charge in [0, 0.05) is 29.3 Å². The normalized spacial score (nSPS) is 10.2. The lowest BCUT2D eigenvalue weighted by Crippen LogP contribution is -1.96. The Labute approximate surface area is 116 Å². The maximum Gasteiger partial charge on any atom is 0.144 e. The molecule has 0 spiro atoms. The first-order valence-electron chi connectivity index (χ1n) is 6.18. The number of hydrogen-bond donors (Lipinski definition) is 1. The van der Waals surface area contributed by atoms with E-state index < -0.39 is 0 Å². The van der Waals surface area contributed by atoms with Crippen molar-refractivity contribution in [2.45, 2.75) is 0 Å². The lowest BCUT2D eigenvalue weighted by atomic mass is 10.2. The van der Waals surface area contributed by atoms with Crippen molar-refractivity contribution in [2.75, 3.05) is 5.73 Å². The Balaban J connectivity index is 2.05. The number of hydrogen-bond acceptors (Lipinski definition) is 3. The molecule has 3 rings (SSSR count). The predicted molar refractivity (Wildman–Crippen MR) is 78.1 cm³/mol. The van der Waals surface area contributed by atoms with Crippen LogP contribution in [0.15, 0.2) is 60.9 Å². The van der Waals surface area contributed by atoms with Crippen LogP contribution in [0.5, 0.6) is 0 Å². The second-order valence-corrected chi connectivity index (χ2v) is 4.40. The Morgan fingerprint density at radius 1 is 1.00 bits per heavy atom. The zero-order valence-corrected chi connectivity index (χ0v) is 10.7. The molecule has 3 aromatic rings. The van der Waals surface area contributed by atoms with E-state index in [-0.39, 0.29) is 0 Å². The van der Waals surface area contributed by atoms with Crippen LogP contribution in [-0.2, 0) is 0 Å². The smallest absolute Gasteiger partial charge is 0.144 e. The molecular formula is C16H12N4. The zero-order valence-electron chi connectivity index (χ0n) is 10.7. The SMILES string of the molecule is N#Cc1ccc(-n2ccnc2-c2ccc(N)cc2)cc1. The second kappa shape index (κ2) is 4.90. The fourth-order valence-corrected chi connectivity index (χ4v) is 2.05. The summed E-state index contributed by atoms with van der Waals surface area (Å²) < 4.78 is 1.98. The highest BCUT2D eigenvalue weighted by Crippen LogP contribution is 2.22. The molecule has 0 bridgehead atoms. The number of imidazole rings is 1. The highest BCUT2D eigenvalue weighted by Gasteiger charge is 2.07. The van der Waals surface area contributed by atoms with Crippen LogP contribution >= 0.6 is 0 Å². The first kappa shape index (κ1) is 12.0. The minimum absolute atomic E-state index is 0.642. The number of nitrogens with zero attached hydrogens (tertiary/aromatic N) is 3. The minimum atomic E-state index is 0.642. The van der Waals surface area contributed by atoms with Gasteiger partial charge >= 0.3 is 0 Å². The monoisotopic (exact) mass is 260 g/mol. The van der Waals surface area contributed by atoms with E-state index in [4.69, 9.17) is 11.0 Å². The molecule has 0 aliphatic rings. The van der Waals surface area contributed by atoms with Crippen LogP contribution in [0, 0.1) is 11.3 Å². The number of aromatic nitrogens is 2. The molecule has 1 aromatic heterocycles. The summed E-state index contributed by atoms with van der Waals surface area (Å²) in [5, 5.41) is 8.84. The topological polar surface area (TPSA) is 67.6 Å². The Kier molecular flexibility index (Phi) is 2.94. The van der Waals surface area contributed by atoms with E-state index in [9.17, 15) is 0 Å². The molecule has 96 valence electrons. The maximum atomic E-state index is 8.84. The van der Waals surface area contributed by atoms with Crippen molar-refractivity contribution in [1.29, 1.82) is 5.26 Å². The number of benzene rings is 2. The Bertz CT molecular complexity index is 761. The molecule has 0 aliphatic heterocycles. The molecule has 2 aromatic carbocycles. The molecule has 0 saturated heterocycles. The van der Waals surface area contributed by atoms with Gasteiger partial charge in [0.05, 0.1) is 11.6 Å². The van der Waals surface area contributed by atoms with E-state index in [2.05, 4.69) is 11.1 Å². The van der Waals surface area contributed by atoms with Gasteiger partial charge in [0.2, 0.25) is 0 Å². The lowest BCUT2D eigenvalue weighted by molar-refractivity contribution is 1.07. The Morgan fingerprint density at radius 2 is 1.70 bits per heavy atom. The van der Waals surface area contributed by atoms with Crippen LogP contribution in [0.4, 0.5) is 5.69 Å². The fraction of sp³-hybridized carbons (Fsp3) is 0. The van der Waals surface area contributed by atoms with Gasteiger partial charge in [-0.05, 0) is 48.5 Å². The molecule has 2 N–H and O–H groups in total. The van der Waals surface area contributed by atoms with Crippen molar-refractivity contribution in [1.82, 2.24) is 9.55 Å². The van der Waals surface area contributed by atoms with Crippen molar-refractivity contribution < 1.29 is 0 Å². The van der Waals surface area contributed by atoms with Gasteiger partial charge in [0.25, 0.3) is 0 Å². The molecule has 0 aliphatic carbocycles. The zero-order chi connectivity index (χ0) is 13.9. The van der Waals surface area contributed by atoms with Crippen LogP contribution in [-0.4, -0.2) is 9.55 Å². The summed E-state index contributed by atoms with van der Waals surface area (Å²) in [4.78, 5) is 4.39. The van der Waals surface area contributed by atoms with Gasteiger partial charge in [-0.15, -0.1) is 0 Å². The average molecular weight is 260 g/mol. The third-order valence-corrected chi connectivity index (χ3v) is 3.08. The standard InChI is InChI=1S/C16H12N4/c17-11-12-1-7-15(8-2-12)20-10-9-19-16(20)13-3-5-14(18)6-4-13/h1-10H,18H2.